The lowest BCUT2D eigenvalue weighted by molar-refractivity contribution is -0.111. The van der Waals surface area contributed by atoms with Crippen LogP contribution in [0.5, 0.6) is 0 Å². The largest absolute Gasteiger partial charge is 0.378 e. The van der Waals surface area contributed by atoms with Gasteiger partial charge in [-0.15, -0.1) is 0 Å². The highest BCUT2D eigenvalue weighted by atomic mass is 16.5. The van der Waals surface area contributed by atoms with Crippen molar-refractivity contribution >= 4 is 34.2 Å². The number of anilines is 3. The summed E-state index contributed by atoms with van der Waals surface area (Å²) in [5.74, 6) is -0.0530. The third-order valence-electron chi connectivity index (χ3n) is 7.27. The van der Waals surface area contributed by atoms with Gasteiger partial charge in [-0.3, -0.25) is 4.79 Å². The van der Waals surface area contributed by atoms with Gasteiger partial charge in [0.2, 0.25) is 5.78 Å². The number of carbonyl (C=O) groups is 1. The van der Waals surface area contributed by atoms with E-state index in [1.165, 1.54) is 11.4 Å². The summed E-state index contributed by atoms with van der Waals surface area (Å²) in [6.07, 6.45) is 3.60. The topological polar surface area (TPSA) is 60.4 Å². The molecule has 0 radical (unpaired) electrons. The Labute approximate surface area is 233 Å². The lowest BCUT2D eigenvalue weighted by Crippen LogP contribution is -2.39. The predicted octanol–water partition coefficient (Wildman–Crippen LogP) is 6.02. The van der Waals surface area contributed by atoms with E-state index in [4.69, 9.17) is 9.73 Å². The summed E-state index contributed by atoms with van der Waals surface area (Å²) in [5.41, 5.74) is 6.22. The smallest absolute Gasteiger partial charge is 0.204 e. The summed E-state index contributed by atoms with van der Waals surface area (Å²) >= 11 is 0. The van der Waals surface area contributed by atoms with E-state index in [2.05, 4.69) is 98.0 Å². The summed E-state index contributed by atoms with van der Waals surface area (Å²) in [7, 11) is 0. The minimum atomic E-state index is -0.0530. The minimum absolute atomic E-state index is 0.0530. The molecule has 7 nitrogen and oxygen atoms in total. The van der Waals surface area contributed by atoms with Gasteiger partial charge in [-0.05, 0) is 96.1 Å². The van der Waals surface area contributed by atoms with E-state index in [0.29, 0.717) is 31.0 Å². The zero-order chi connectivity index (χ0) is 27.9. The molecule has 1 aliphatic carbocycles. The number of hydrogen-bond donors (Lipinski definition) is 1. The lowest BCUT2D eigenvalue weighted by atomic mass is 10.0. The Morgan fingerprint density at radius 3 is 1.90 bits per heavy atom. The van der Waals surface area contributed by atoms with Crippen LogP contribution in [0.15, 0.2) is 77.1 Å². The van der Waals surface area contributed by atoms with Gasteiger partial charge < -0.3 is 24.8 Å². The molecular formula is C32H43N5O2. The van der Waals surface area contributed by atoms with E-state index < -0.39 is 0 Å². The maximum Gasteiger partial charge on any atom is 0.204 e. The number of ether oxygens (including phenoxy) is 1. The Morgan fingerprint density at radius 2 is 1.38 bits per heavy atom. The first kappa shape index (κ1) is 28.4. The Balaban J connectivity index is 1.62. The molecule has 39 heavy (non-hydrogen) atoms. The molecule has 208 valence electrons. The molecule has 0 amide bonds. The molecule has 1 aliphatic heterocycles. The highest BCUT2D eigenvalue weighted by molar-refractivity contribution is 6.23. The Hall–Kier alpha value is -3.58. The van der Waals surface area contributed by atoms with Gasteiger partial charge in [0.1, 0.15) is 0 Å². The van der Waals surface area contributed by atoms with Crippen molar-refractivity contribution in [2.24, 2.45) is 4.99 Å². The Bertz CT molecular complexity index is 1210. The first-order chi connectivity index (χ1) is 18.8. The molecule has 0 saturated carbocycles. The monoisotopic (exact) mass is 529 g/mol. The molecule has 2 aliphatic rings. The van der Waals surface area contributed by atoms with Gasteiger partial charge in [0.25, 0.3) is 0 Å². The molecule has 1 fully saturated rings. The lowest BCUT2D eigenvalue weighted by Gasteiger charge is -2.32. The molecule has 1 saturated heterocycles. The summed E-state index contributed by atoms with van der Waals surface area (Å²) in [5, 5.41) is 3.35. The van der Waals surface area contributed by atoms with Gasteiger partial charge >= 0.3 is 0 Å². The van der Waals surface area contributed by atoms with Crippen LogP contribution in [-0.4, -0.2) is 67.9 Å². The molecule has 0 bridgehead atoms. The van der Waals surface area contributed by atoms with Crippen LogP contribution >= 0.6 is 0 Å². The van der Waals surface area contributed by atoms with Gasteiger partial charge in [0.05, 0.1) is 36.0 Å². The SMILES string of the molecule is CCN(c1ccc(N=C2C=C(Nc3ccc(N(CC)C(C)C)cc3)C(=O)C=C2N2CCOCC2)cc1)C(C)C. The van der Waals surface area contributed by atoms with Crippen LogP contribution in [-0.2, 0) is 9.53 Å². The quantitative estimate of drug-likeness (QED) is 0.380. The van der Waals surface area contributed by atoms with Crippen LogP contribution in [0.4, 0.5) is 22.7 Å². The zero-order valence-corrected chi connectivity index (χ0v) is 24.3. The molecule has 2 aromatic carbocycles. The fourth-order valence-electron chi connectivity index (χ4n) is 5.24. The van der Waals surface area contributed by atoms with E-state index in [0.717, 1.165) is 49.0 Å². The van der Waals surface area contributed by atoms with E-state index in [1.807, 2.05) is 18.2 Å². The van der Waals surface area contributed by atoms with Crippen LogP contribution in [0.1, 0.15) is 41.5 Å². The van der Waals surface area contributed by atoms with Crippen molar-refractivity contribution in [3.8, 4) is 0 Å². The molecule has 0 spiro atoms. The van der Waals surface area contributed by atoms with Gasteiger partial charge in [0.15, 0.2) is 0 Å². The maximum atomic E-state index is 13.2. The number of morpholine rings is 1. The fourth-order valence-corrected chi connectivity index (χ4v) is 5.24. The molecule has 4 rings (SSSR count). The molecule has 0 unspecified atom stereocenters. The average Bonchev–Trinajstić information content (AvgIpc) is 2.93. The summed E-state index contributed by atoms with van der Waals surface area (Å²) < 4.78 is 5.56. The van der Waals surface area contributed by atoms with E-state index in [-0.39, 0.29) is 5.78 Å². The Morgan fingerprint density at radius 1 is 0.846 bits per heavy atom. The van der Waals surface area contributed by atoms with Crippen LogP contribution in [0, 0.1) is 0 Å². The number of allylic oxidation sites excluding steroid dienone is 2. The summed E-state index contributed by atoms with van der Waals surface area (Å²) in [6, 6.07) is 17.4. The zero-order valence-electron chi connectivity index (χ0n) is 24.3. The van der Waals surface area contributed by atoms with Crippen molar-refractivity contribution in [3.05, 3.63) is 72.1 Å². The number of nitrogens with one attached hydrogen (secondary N) is 1. The van der Waals surface area contributed by atoms with Crippen molar-refractivity contribution in [2.75, 3.05) is 54.5 Å². The van der Waals surface area contributed by atoms with E-state index in [1.54, 1.807) is 6.08 Å². The van der Waals surface area contributed by atoms with Crippen molar-refractivity contribution in [2.45, 2.75) is 53.6 Å². The number of ketones is 1. The third kappa shape index (κ3) is 6.90. The first-order valence-corrected chi connectivity index (χ1v) is 14.2. The van der Waals surface area contributed by atoms with Crippen LogP contribution in [0.2, 0.25) is 0 Å². The number of benzene rings is 2. The van der Waals surface area contributed by atoms with E-state index in [9.17, 15) is 4.79 Å². The highest BCUT2D eigenvalue weighted by Crippen LogP contribution is 2.27. The molecule has 2 aromatic rings. The second-order valence-corrected chi connectivity index (χ2v) is 10.5. The van der Waals surface area contributed by atoms with Crippen molar-refractivity contribution in [3.63, 3.8) is 0 Å². The second kappa shape index (κ2) is 13.0. The van der Waals surface area contributed by atoms with Crippen LogP contribution < -0.4 is 15.1 Å². The van der Waals surface area contributed by atoms with Crippen molar-refractivity contribution in [1.82, 2.24) is 4.90 Å². The van der Waals surface area contributed by atoms with E-state index >= 15 is 0 Å². The molecule has 1 heterocycles. The van der Waals surface area contributed by atoms with Gasteiger partial charge in [-0.25, -0.2) is 4.99 Å². The number of nitrogens with zero attached hydrogens (tertiary/aromatic N) is 4. The van der Waals surface area contributed by atoms with Crippen molar-refractivity contribution in [1.29, 1.82) is 0 Å². The number of aliphatic imine (C=N–C) groups is 1. The normalized spacial score (nSPS) is 17.0. The molecule has 0 atom stereocenters. The second-order valence-electron chi connectivity index (χ2n) is 10.5. The van der Waals surface area contributed by atoms with Gasteiger partial charge in [0, 0.05) is 61.4 Å². The Kier molecular flexibility index (Phi) is 9.46. The molecular weight excluding hydrogens is 486 g/mol. The molecule has 0 aromatic heterocycles. The number of rotatable bonds is 10. The molecule has 7 heteroatoms. The van der Waals surface area contributed by atoms with Crippen LogP contribution in [0.25, 0.3) is 0 Å². The van der Waals surface area contributed by atoms with Gasteiger partial charge in [-0.1, -0.05) is 0 Å². The number of carbonyl (C=O) groups excluding carboxylic acids is 1. The summed E-state index contributed by atoms with van der Waals surface area (Å²) in [6.45, 7) is 17.8. The fraction of sp³-hybridized carbons (Fsp3) is 0.438. The standard InChI is InChI=1S/C32H43N5O2/c1-7-36(23(3)4)27-13-9-25(10-14-27)33-29-21-30(32(38)22-31(29)35-17-19-39-20-18-35)34-26-11-15-28(16-12-26)37(8-2)24(5)6/h9-16,21-24,34H,7-8,17-20H2,1-6H3. The first-order valence-electron chi connectivity index (χ1n) is 14.2. The number of hydrogen-bond acceptors (Lipinski definition) is 7. The van der Waals surface area contributed by atoms with Crippen LogP contribution in [0.3, 0.4) is 0 Å². The third-order valence-corrected chi connectivity index (χ3v) is 7.27. The summed E-state index contributed by atoms with van der Waals surface area (Å²) in [4.78, 5) is 25.1. The van der Waals surface area contributed by atoms with Gasteiger partial charge in [-0.2, -0.15) is 0 Å². The average molecular weight is 530 g/mol. The maximum absolute atomic E-state index is 13.2. The molecule has 1 N–H and O–H groups in total. The minimum Gasteiger partial charge on any atom is -0.378 e. The van der Waals surface area contributed by atoms with Crippen molar-refractivity contribution < 1.29 is 9.53 Å². The predicted molar refractivity (Wildman–Crippen MR) is 163 cm³/mol. The highest BCUT2D eigenvalue weighted by Gasteiger charge is 2.25.